The lowest BCUT2D eigenvalue weighted by molar-refractivity contribution is -0.137. The number of hydrogen-bond acceptors (Lipinski definition) is 3. The van der Waals surface area contributed by atoms with E-state index in [1.807, 2.05) is 0 Å². The van der Waals surface area contributed by atoms with Gasteiger partial charge < -0.3 is 14.6 Å². The zero-order valence-electron chi connectivity index (χ0n) is 8.12. The number of hydrogen-bond donors (Lipinski definition) is 1. The monoisotopic (exact) mass is 234 g/mol. The molecule has 0 saturated heterocycles. The Balaban J connectivity index is 2.28. The number of benzene rings is 1. The molecule has 3 nitrogen and oxygen atoms in total. The molecule has 0 saturated carbocycles. The molecule has 0 spiro atoms. The molecular formula is C10H9F3O3. The van der Waals surface area contributed by atoms with Gasteiger partial charge >= 0.3 is 6.18 Å². The number of halogens is 3. The summed E-state index contributed by atoms with van der Waals surface area (Å²) in [6.45, 7) is -0.189. The molecule has 0 unspecified atom stereocenters. The molecule has 1 aromatic rings. The highest BCUT2D eigenvalue weighted by Gasteiger charge is 2.32. The van der Waals surface area contributed by atoms with Crippen molar-refractivity contribution in [3.8, 4) is 11.5 Å². The average Bonchev–Trinajstić information content (AvgIpc) is 2.26. The van der Waals surface area contributed by atoms with Gasteiger partial charge in [0.1, 0.15) is 6.61 Å². The van der Waals surface area contributed by atoms with Crippen molar-refractivity contribution in [3.05, 3.63) is 23.8 Å². The lowest BCUT2D eigenvalue weighted by atomic mass is 10.2. The molecule has 0 radical (unpaired) electrons. The minimum absolute atomic E-state index is 0.0464. The molecule has 88 valence electrons. The Kier molecular flexibility index (Phi) is 2.67. The molecular weight excluding hydrogens is 225 g/mol. The van der Waals surface area contributed by atoms with Crippen molar-refractivity contribution in [1.29, 1.82) is 0 Å². The first kappa shape index (κ1) is 11.1. The standard InChI is InChI=1S/C10H9F3O3/c11-10(12,13)6-1-2-8-9(3-6)15-5-7(4-14)16-8/h1-3,7,14H,4-5H2/t7-/m0/s1. The lowest BCUT2D eigenvalue weighted by Gasteiger charge is -2.25. The molecule has 0 aromatic heterocycles. The van der Waals surface area contributed by atoms with Gasteiger partial charge in [0.2, 0.25) is 0 Å². The second-order valence-electron chi connectivity index (χ2n) is 3.39. The second kappa shape index (κ2) is 3.86. The molecule has 1 aliphatic rings. The average molecular weight is 234 g/mol. The van der Waals surface area contributed by atoms with E-state index < -0.39 is 17.8 Å². The van der Waals surface area contributed by atoms with Crippen molar-refractivity contribution in [3.63, 3.8) is 0 Å². The third kappa shape index (κ3) is 2.06. The van der Waals surface area contributed by atoms with E-state index in [1.54, 1.807) is 0 Å². The van der Waals surface area contributed by atoms with E-state index in [-0.39, 0.29) is 24.7 Å². The molecule has 2 rings (SSSR count). The Labute approximate surface area is 89.4 Å². The van der Waals surface area contributed by atoms with Crippen LogP contribution in [0.5, 0.6) is 11.5 Å². The van der Waals surface area contributed by atoms with E-state index in [9.17, 15) is 13.2 Å². The first-order valence-corrected chi connectivity index (χ1v) is 4.62. The van der Waals surface area contributed by atoms with E-state index in [1.165, 1.54) is 6.07 Å². The summed E-state index contributed by atoms with van der Waals surface area (Å²) in [5.74, 6) is 0.276. The molecule has 6 heteroatoms. The zero-order valence-corrected chi connectivity index (χ0v) is 8.12. The Morgan fingerprint density at radius 1 is 1.31 bits per heavy atom. The SMILES string of the molecule is OC[C@H]1COc2cc(C(F)(F)F)ccc2O1. The minimum Gasteiger partial charge on any atom is -0.486 e. The summed E-state index contributed by atoms with van der Waals surface area (Å²) in [6, 6.07) is 3.00. The number of rotatable bonds is 1. The van der Waals surface area contributed by atoms with Crippen LogP contribution in [0.3, 0.4) is 0 Å². The van der Waals surface area contributed by atoms with E-state index in [0.717, 1.165) is 12.1 Å². The predicted octanol–water partition coefficient (Wildman–Crippen LogP) is 1.84. The maximum atomic E-state index is 12.4. The summed E-state index contributed by atoms with van der Waals surface area (Å²) in [4.78, 5) is 0. The van der Waals surface area contributed by atoms with Crippen LogP contribution in [0.4, 0.5) is 13.2 Å². The van der Waals surface area contributed by atoms with Gasteiger partial charge in [-0.25, -0.2) is 0 Å². The molecule has 1 aliphatic heterocycles. The van der Waals surface area contributed by atoms with E-state index in [0.29, 0.717) is 0 Å². The van der Waals surface area contributed by atoms with Crippen molar-refractivity contribution in [2.45, 2.75) is 12.3 Å². The van der Waals surface area contributed by atoms with Gasteiger partial charge in [0.05, 0.1) is 12.2 Å². The van der Waals surface area contributed by atoms with Crippen LogP contribution in [0.15, 0.2) is 18.2 Å². The number of aliphatic hydroxyl groups excluding tert-OH is 1. The van der Waals surface area contributed by atoms with Gasteiger partial charge in [-0.15, -0.1) is 0 Å². The van der Waals surface area contributed by atoms with E-state index in [2.05, 4.69) is 0 Å². The number of aliphatic hydroxyl groups is 1. The number of alkyl halides is 3. The number of ether oxygens (including phenoxy) is 2. The van der Waals surface area contributed by atoms with Crippen molar-refractivity contribution in [1.82, 2.24) is 0 Å². The lowest BCUT2D eigenvalue weighted by Crippen LogP contribution is -2.32. The first-order valence-electron chi connectivity index (χ1n) is 4.62. The molecule has 1 atom stereocenters. The van der Waals surface area contributed by atoms with Gasteiger partial charge in [0.25, 0.3) is 0 Å². The highest BCUT2D eigenvalue weighted by atomic mass is 19.4. The quantitative estimate of drug-likeness (QED) is 0.805. The van der Waals surface area contributed by atoms with Crippen molar-refractivity contribution in [2.24, 2.45) is 0 Å². The van der Waals surface area contributed by atoms with E-state index in [4.69, 9.17) is 14.6 Å². The smallest absolute Gasteiger partial charge is 0.416 e. The second-order valence-corrected chi connectivity index (χ2v) is 3.39. The van der Waals surface area contributed by atoms with Gasteiger partial charge in [-0.1, -0.05) is 0 Å². The van der Waals surface area contributed by atoms with Gasteiger partial charge in [0.15, 0.2) is 17.6 Å². The first-order chi connectivity index (χ1) is 7.50. The molecule has 1 N–H and O–H groups in total. The highest BCUT2D eigenvalue weighted by Crippen LogP contribution is 2.38. The van der Waals surface area contributed by atoms with Gasteiger partial charge in [-0.05, 0) is 18.2 Å². The summed E-state index contributed by atoms with van der Waals surface area (Å²) < 4.78 is 47.4. The van der Waals surface area contributed by atoms with Crippen molar-refractivity contribution in [2.75, 3.05) is 13.2 Å². The maximum absolute atomic E-state index is 12.4. The Hall–Kier alpha value is -1.43. The molecule has 1 aromatic carbocycles. The minimum atomic E-state index is -4.40. The number of fused-ring (bicyclic) bond motifs is 1. The maximum Gasteiger partial charge on any atom is 0.416 e. The summed E-state index contributed by atoms with van der Waals surface area (Å²) in [5, 5.41) is 8.82. The molecule has 16 heavy (non-hydrogen) atoms. The molecule has 0 fully saturated rings. The highest BCUT2D eigenvalue weighted by molar-refractivity contribution is 5.44. The van der Waals surface area contributed by atoms with Crippen molar-refractivity contribution >= 4 is 0 Å². The van der Waals surface area contributed by atoms with Gasteiger partial charge in [0, 0.05) is 0 Å². The predicted molar refractivity (Wildman–Crippen MR) is 48.4 cm³/mol. The summed E-state index contributed by atoms with van der Waals surface area (Å²) >= 11 is 0. The molecule has 0 amide bonds. The van der Waals surface area contributed by atoms with Crippen LogP contribution in [-0.2, 0) is 6.18 Å². The largest absolute Gasteiger partial charge is 0.486 e. The van der Waals surface area contributed by atoms with Crippen LogP contribution in [0.25, 0.3) is 0 Å². The van der Waals surface area contributed by atoms with Crippen LogP contribution >= 0.6 is 0 Å². The molecule has 0 bridgehead atoms. The van der Waals surface area contributed by atoms with Gasteiger partial charge in [-0.2, -0.15) is 13.2 Å². The fourth-order valence-electron chi connectivity index (χ4n) is 1.38. The Morgan fingerprint density at radius 2 is 2.06 bits per heavy atom. The third-order valence-corrected chi connectivity index (χ3v) is 2.19. The fraction of sp³-hybridized carbons (Fsp3) is 0.400. The third-order valence-electron chi connectivity index (χ3n) is 2.19. The fourth-order valence-corrected chi connectivity index (χ4v) is 1.38. The Bertz CT molecular complexity index is 389. The van der Waals surface area contributed by atoms with Crippen LogP contribution < -0.4 is 9.47 Å². The normalized spacial score (nSPS) is 19.6. The molecule has 0 aliphatic carbocycles. The topological polar surface area (TPSA) is 38.7 Å². The summed E-state index contributed by atoms with van der Waals surface area (Å²) in [7, 11) is 0. The summed E-state index contributed by atoms with van der Waals surface area (Å²) in [5.41, 5.74) is -0.780. The summed E-state index contributed by atoms with van der Waals surface area (Å²) in [6.07, 6.45) is -4.92. The Morgan fingerprint density at radius 3 is 2.69 bits per heavy atom. The molecule has 1 heterocycles. The van der Waals surface area contributed by atoms with Crippen LogP contribution in [0.1, 0.15) is 5.56 Å². The van der Waals surface area contributed by atoms with Crippen LogP contribution in [0.2, 0.25) is 0 Å². The van der Waals surface area contributed by atoms with Crippen LogP contribution in [0, 0.1) is 0 Å². The van der Waals surface area contributed by atoms with Crippen LogP contribution in [-0.4, -0.2) is 24.4 Å². The zero-order chi connectivity index (χ0) is 11.8. The van der Waals surface area contributed by atoms with E-state index >= 15 is 0 Å². The van der Waals surface area contributed by atoms with Gasteiger partial charge in [-0.3, -0.25) is 0 Å². The van der Waals surface area contributed by atoms with Crippen molar-refractivity contribution < 1.29 is 27.8 Å².